The number of carbonyl (C=O) groups excluding carboxylic acids is 3. The molecule has 4 amide bonds. The highest BCUT2D eigenvalue weighted by molar-refractivity contribution is 5.93. The summed E-state index contributed by atoms with van der Waals surface area (Å²) in [6, 6.07) is -2.21. The molecule has 23 heavy (non-hydrogen) atoms. The van der Waals surface area contributed by atoms with Gasteiger partial charge >= 0.3 is 6.03 Å². The van der Waals surface area contributed by atoms with Gasteiger partial charge in [0, 0.05) is 32.7 Å². The lowest BCUT2D eigenvalue weighted by molar-refractivity contribution is -0.130. The monoisotopic (exact) mass is 329 g/mol. The van der Waals surface area contributed by atoms with Crippen LogP contribution >= 0.6 is 0 Å². The third-order valence-electron chi connectivity index (χ3n) is 3.74. The maximum atomic E-state index is 12.0. The Morgan fingerprint density at radius 2 is 2.13 bits per heavy atom. The maximum absolute atomic E-state index is 12.0. The van der Waals surface area contributed by atoms with Gasteiger partial charge in [-0.3, -0.25) is 14.5 Å². The molecule has 2 aliphatic heterocycles. The van der Waals surface area contributed by atoms with Gasteiger partial charge in [0.1, 0.15) is 12.1 Å². The molecule has 0 aromatic rings. The molecule has 2 rings (SSSR count). The normalized spacial score (nSPS) is 22.8. The SMILES string of the molecule is O=C1NCC(C(=O)N[C@@H](CO)C(=O)NCCN2CCOCC2)N1. The molecule has 0 aromatic carbocycles. The topological polar surface area (TPSA) is 132 Å². The number of nitrogens with one attached hydrogen (secondary N) is 4. The van der Waals surface area contributed by atoms with Crippen molar-refractivity contribution in [2.75, 3.05) is 52.5 Å². The molecule has 2 heterocycles. The Bertz CT molecular complexity index is 440. The van der Waals surface area contributed by atoms with Crippen LogP contribution < -0.4 is 21.3 Å². The van der Waals surface area contributed by atoms with Crippen molar-refractivity contribution >= 4 is 17.8 Å². The lowest BCUT2D eigenvalue weighted by Crippen LogP contribution is -2.54. The van der Waals surface area contributed by atoms with Gasteiger partial charge in [0.15, 0.2) is 0 Å². The predicted octanol–water partition coefficient (Wildman–Crippen LogP) is -3.41. The Morgan fingerprint density at radius 1 is 1.39 bits per heavy atom. The first-order valence-electron chi connectivity index (χ1n) is 7.63. The summed E-state index contributed by atoms with van der Waals surface area (Å²) in [7, 11) is 0. The van der Waals surface area contributed by atoms with E-state index >= 15 is 0 Å². The number of ether oxygens (including phenoxy) is 1. The zero-order chi connectivity index (χ0) is 16.7. The second-order valence-electron chi connectivity index (χ2n) is 5.40. The largest absolute Gasteiger partial charge is 0.394 e. The van der Waals surface area contributed by atoms with E-state index in [1.807, 2.05) is 0 Å². The number of aliphatic hydroxyl groups is 1. The lowest BCUT2D eigenvalue weighted by Gasteiger charge is -2.26. The first-order valence-corrected chi connectivity index (χ1v) is 7.63. The van der Waals surface area contributed by atoms with Crippen LogP contribution in [0.1, 0.15) is 0 Å². The summed E-state index contributed by atoms with van der Waals surface area (Å²) in [5.41, 5.74) is 0. The maximum Gasteiger partial charge on any atom is 0.315 e. The van der Waals surface area contributed by atoms with E-state index in [4.69, 9.17) is 4.74 Å². The summed E-state index contributed by atoms with van der Waals surface area (Å²) in [5.74, 6) is -0.961. The van der Waals surface area contributed by atoms with E-state index in [-0.39, 0.29) is 6.54 Å². The fourth-order valence-corrected chi connectivity index (χ4v) is 2.36. The van der Waals surface area contributed by atoms with Gasteiger partial charge in [-0.05, 0) is 0 Å². The van der Waals surface area contributed by atoms with E-state index in [0.717, 1.165) is 13.1 Å². The highest BCUT2D eigenvalue weighted by Gasteiger charge is 2.29. The first-order chi connectivity index (χ1) is 11.1. The van der Waals surface area contributed by atoms with E-state index in [1.54, 1.807) is 0 Å². The van der Waals surface area contributed by atoms with Crippen molar-refractivity contribution in [3.63, 3.8) is 0 Å². The molecule has 130 valence electrons. The number of carbonyl (C=O) groups is 3. The zero-order valence-electron chi connectivity index (χ0n) is 12.8. The Balaban J connectivity index is 1.70. The predicted molar refractivity (Wildman–Crippen MR) is 79.6 cm³/mol. The summed E-state index contributed by atoms with van der Waals surface area (Å²) < 4.78 is 5.24. The van der Waals surface area contributed by atoms with Gasteiger partial charge in [-0.2, -0.15) is 0 Å². The zero-order valence-corrected chi connectivity index (χ0v) is 12.8. The Morgan fingerprint density at radius 3 is 2.74 bits per heavy atom. The van der Waals surface area contributed by atoms with Gasteiger partial charge in [-0.1, -0.05) is 0 Å². The van der Waals surface area contributed by atoms with Gasteiger partial charge in [0.05, 0.1) is 19.8 Å². The Labute approximate surface area is 133 Å². The molecular formula is C13H23N5O5. The third-order valence-corrected chi connectivity index (χ3v) is 3.74. The fourth-order valence-electron chi connectivity index (χ4n) is 2.36. The number of amides is 4. The van der Waals surface area contributed by atoms with Gasteiger partial charge < -0.3 is 31.1 Å². The number of hydrogen-bond donors (Lipinski definition) is 5. The summed E-state index contributed by atoms with van der Waals surface area (Å²) >= 11 is 0. The van der Waals surface area contributed by atoms with Crippen molar-refractivity contribution in [1.29, 1.82) is 0 Å². The van der Waals surface area contributed by atoms with Crippen molar-refractivity contribution in [1.82, 2.24) is 26.2 Å². The summed E-state index contributed by atoms with van der Waals surface area (Å²) in [6.07, 6.45) is 0. The van der Waals surface area contributed by atoms with E-state index < -0.39 is 36.5 Å². The molecule has 0 aromatic heterocycles. The number of hydrogen-bond acceptors (Lipinski definition) is 6. The molecule has 2 atom stereocenters. The molecule has 2 fully saturated rings. The minimum absolute atomic E-state index is 0.154. The number of morpholine rings is 1. The molecule has 0 radical (unpaired) electrons. The molecule has 2 aliphatic rings. The van der Waals surface area contributed by atoms with Crippen molar-refractivity contribution in [3.05, 3.63) is 0 Å². The van der Waals surface area contributed by atoms with Crippen LogP contribution in [0.3, 0.4) is 0 Å². The molecule has 1 unspecified atom stereocenters. The fraction of sp³-hybridized carbons (Fsp3) is 0.769. The molecular weight excluding hydrogens is 306 g/mol. The van der Waals surface area contributed by atoms with Crippen LogP contribution in [0.5, 0.6) is 0 Å². The standard InChI is InChI=1S/C13H23N5O5/c19-8-10(16-12(21)9-7-15-13(22)17-9)11(20)14-1-2-18-3-5-23-6-4-18/h9-10,19H,1-8H2,(H,14,20)(H,16,21)(H2,15,17,22)/t9?,10-/m0/s1. The van der Waals surface area contributed by atoms with Crippen LogP contribution in [0.2, 0.25) is 0 Å². The average Bonchev–Trinajstić information content (AvgIpc) is 3.00. The third kappa shape index (κ3) is 5.34. The highest BCUT2D eigenvalue weighted by Crippen LogP contribution is 1.96. The molecule has 0 saturated carbocycles. The molecule has 5 N–H and O–H groups in total. The van der Waals surface area contributed by atoms with Crippen LogP contribution in [0.4, 0.5) is 4.79 Å². The van der Waals surface area contributed by atoms with Crippen LogP contribution in [-0.4, -0.2) is 92.5 Å². The van der Waals surface area contributed by atoms with E-state index in [2.05, 4.69) is 26.2 Å². The number of aliphatic hydroxyl groups excluding tert-OH is 1. The van der Waals surface area contributed by atoms with Crippen LogP contribution in [0, 0.1) is 0 Å². The lowest BCUT2D eigenvalue weighted by atomic mass is 10.2. The molecule has 0 aliphatic carbocycles. The quantitative estimate of drug-likeness (QED) is 0.331. The minimum Gasteiger partial charge on any atom is -0.394 e. The smallest absolute Gasteiger partial charge is 0.315 e. The molecule has 10 nitrogen and oxygen atoms in total. The first kappa shape index (κ1) is 17.4. The summed E-state index contributed by atoms with van der Waals surface area (Å²) in [6.45, 7) is 3.77. The molecule has 2 saturated heterocycles. The van der Waals surface area contributed by atoms with Crippen LogP contribution in [-0.2, 0) is 14.3 Å². The number of rotatable bonds is 7. The molecule has 0 bridgehead atoms. The van der Waals surface area contributed by atoms with Gasteiger partial charge in [-0.25, -0.2) is 4.79 Å². The second kappa shape index (κ2) is 8.65. The van der Waals surface area contributed by atoms with E-state index in [9.17, 15) is 19.5 Å². The van der Waals surface area contributed by atoms with Gasteiger partial charge in [0.2, 0.25) is 11.8 Å². The van der Waals surface area contributed by atoms with E-state index in [0.29, 0.717) is 26.3 Å². The Hall–Kier alpha value is -1.91. The van der Waals surface area contributed by atoms with Crippen molar-refractivity contribution in [2.24, 2.45) is 0 Å². The van der Waals surface area contributed by atoms with Crippen molar-refractivity contribution in [3.8, 4) is 0 Å². The number of nitrogens with zero attached hydrogens (tertiary/aromatic N) is 1. The summed E-state index contributed by atoms with van der Waals surface area (Å²) in [5, 5.41) is 19.3. The van der Waals surface area contributed by atoms with Gasteiger partial charge in [-0.15, -0.1) is 0 Å². The van der Waals surface area contributed by atoms with Crippen LogP contribution in [0.25, 0.3) is 0 Å². The number of urea groups is 1. The highest BCUT2D eigenvalue weighted by atomic mass is 16.5. The summed E-state index contributed by atoms with van der Waals surface area (Å²) in [4.78, 5) is 37.1. The van der Waals surface area contributed by atoms with Crippen molar-refractivity contribution < 1.29 is 24.2 Å². The minimum atomic E-state index is -1.04. The second-order valence-corrected chi connectivity index (χ2v) is 5.40. The molecule has 10 heteroatoms. The molecule has 0 spiro atoms. The van der Waals surface area contributed by atoms with Crippen molar-refractivity contribution in [2.45, 2.75) is 12.1 Å². The van der Waals surface area contributed by atoms with E-state index in [1.165, 1.54) is 0 Å². The Kier molecular flexibility index (Phi) is 6.56. The van der Waals surface area contributed by atoms with Gasteiger partial charge in [0.25, 0.3) is 0 Å². The average molecular weight is 329 g/mol. The van der Waals surface area contributed by atoms with Crippen LogP contribution in [0.15, 0.2) is 0 Å².